The maximum atomic E-state index is 9.60. The molecule has 0 saturated heterocycles. The minimum Gasteiger partial charge on any atom is -0.394 e. The standard InChI is InChI=1S/C22H18Cl2IN5O2/c23-15-5-2-6-16(24)18(15)21-29-19(12-3-1-4-13(25)9-12)20(30-21)17-7-8-26-22(28-17)27-10-14(32)11-31/h1-9,14,31-32H,10-11H2,(H,29,30)(H,26,27,28). The predicted octanol–water partition coefficient (Wildman–Crippen LogP) is 4.88. The third-order valence-electron chi connectivity index (χ3n) is 4.62. The number of aromatic nitrogens is 4. The number of aliphatic hydroxyl groups excluding tert-OH is 2. The van der Waals surface area contributed by atoms with Crippen LogP contribution in [0, 0.1) is 3.57 Å². The van der Waals surface area contributed by atoms with Crippen LogP contribution in [0.1, 0.15) is 0 Å². The van der Waals surface area contributed by atoms with Gasteiger partial charge in [-0.3, -0.25) is 0 Å². The normalized spacial score (nSPS) is 12.0. The summed E-state index contributed by atoms with van der Waals surface area (Å²) in [4.78, 5) is 16.9. The summed E-state index contributed by atoms with van der Waals surface area (Å²) < 4.78 is 1.06. The largest absolute Gasteiger partial charge is 0.394 e. The van der Waals surface area contributed by atoms with E-state index in [0.717, 1.165) is 9.13 Å². The molecule has 1 atom stereocenters. The Labute approximate surface area is 208 Å². The van der Waals surface area contributed by atoms with Crippen molar-refractivity contribution in [1.29, 1.82) is 0 Å². The van der Waals surface area contributed by atoms with Crippen molar-refractivity contribution in [2.45, 2.75) is 6.10 Å². The number of H-pyrrole nitrogens is 1. The van der Waals surface area contributed by atoms with Gasteiger partial charge >= 0.3 is 0 Å². The Bertz CT molecular complexity index is 1230. The average Bonchev–Trinajstić information content (AvgIpc) is 3.22. The summed E-state index contributed by atoms with van der Waals surface area (Å²) in [5.74, 6) is 0.837. The van der Waals surface area contributed by atoms with E-state index in [1.807, 2.05) is 24.3 Å². The number of hydrogen-bond acceptors (Lipinski definition) is 6. The molecule has 7 nitrogen and oxygen atoms in total. The second kappa shape index (κ2) is 10.1. The SMILES string of the molecule is OCC(O)CNc1nccc(-c2[nH]c(-c3c(Cl)cccc3Cl)nc2-c2cccc(I)c2)n1. The number of hydrogen-bond donors (Lipinski definition) is 4. The molecule has 0 saturated carbocycles. The zero-order valence-electron chi connectivity index (χ0n) is 16.6. The van der Waals surface area contributed by atoms with Gasteiger partial charge in [-0.25, -0.2) is 15.0 Å². The molecule has 0 amide bonds. The number of halogens is 3. The zero-order valence-corrected chi connectivity index (χ0v) is 20.2. The fourth-order valence-electron chi connectivity index (χ4n) is 3.10. The molecule has 10 heteroatoms. The Kier molecular flexibility index (Phi) is 7.27. The number of nitrogens with one attached hydrogen (secondary N) is 2. The summed E-state index contributed by atoms with van der Waals surface area (Å²) in [6.45, 7) is -0.237. The van der Waals surface area contributed by atoms with Crippen LogP contribution in [0.3, 0.4) is 0 Å². The van der Waals surface area contributed by atoms with Crippen molar-refractivity contribution >= 4 is 51.7 Å². The fourth-order valence-corrected chi connectivity index (χ4v) is 4.22. The number of aliphatic hydroxyl groups is 2. The Hall–Kier alpha value is -2.24. The number of nitrogens with zero attached hydrogens (tertiary/aromatic N) is 3. The van der Waals surface area contributed by atoms with E-state index in [1.54, 1.807) is 30.5 Å². The van der Waals surface area contributed by atoms with E-state index in [2.05, 4.69) is 42.9 Å². The molecular formula is C22H18Cl2IN5O2. The van der Waals surface area contributed by atoms with E-state index in [9.17, 15) is 5.11 Å². The monoisotopic (exact) mass is 581 g/mol. The summed E-state index contributed by atoms with van der Waals surface area (Å²) in [7, 11) is 0. The van der Waals surface area contributed by atoms with Crippen LogP contribution in [0.25, 0.3) is 34.0 Å². The summed E-state index contributed by atoms with van der Waals surface area (Å²) in [6.07, 6.45) is 0.697. The molecule has 2 aromatic carbocycles. The van der Waals surface area contributed by atoms with Gasteiger partial charge in [-0.2, -0.15) is 0 Å². The first-order valence-corrected chi connectivity index (χ1v) is 11.5. The third-order valence-corrected chi connectivity index (χ3v) is 5.92. The van der Waals surface area contributed by atoms with Gasteiger partial charge < -0.3 is 20.5 Å². The topological polar surface area (TPSA) is 107 Å². The number of benzene rings is 2. The molecule has 0 fully saturated rings. The molecule has 164 valence electrons. The molecule has 0 aliphatic rings. The van der Waals surface area contributed by atoms with Crippen molar-refractivity contribution < 1.29 is 10.2 Å². The first-order valence-electron chi connectivity index (χ1n) is 9.63. The lowest BCUT2D eigenvalue weighted by Gasteiger charge is -2.09. The summed E-state index contributed by atoms with van der Waals surface area (Å²) in [5.41, 5.74) is 3.46. The van der Waals surface area contributed by atoms with Gasteiger partial charge in [0.1, 0.15) is 5.82 Å². The Morgan fingerprint density at radius 3 is 2.53 bits per heavy atom. The smallest absolute Gasteiger partial charge is 0.223 e. The number of imidazole rings is 1. The Morgan fingerprint density at radius 1 is 1.06 bits per heavy atom. The van der Waals surface area contributed by atoms with Gasteiger partial charge in [-0.15, -0.1) is 0 Å². The van der Waals surface area contributed by atoms with Gasteiger partial charge in [0.2, 0.25) is 5.95 Å². The highest BCUT2D eigenvalue weighted by molar-refractivity contribution is 14.1. The summed E-state index contributed by atoms with van der Waals surface area (Å²) in [6, 6.07) is 15.0. The summed E-state index contributed by atoms with van der Waals surface area (Å²) >= 11 is 15.1. The lowest BCUT2D eigenvalue weighted by Crippen LogP contribution is -2.23. The zero-order chi connectivity index (χ0) is 22.7. The van der Waals surface area contributed by atoms with Crippen LogP contribution in [0.5, 0.6) is 0 Å². The molecule has 0 spiro atoms. The first kappa shape index (κ1) is 22.9. The highest BCUT2D eigenvalue weighted by Gasteiger charge is 2.20. The van der Waals surface area contributed by atoms with Crippen molar-refractivity contribution in [3.8, 4) is 34.0 Å². The highest BCUT2D eigenvalue weighted by Crippen LogP contribution is 2.38. The van der Waals surface area contributed by atoms with Crippen LogP contribution in [-0.2, 0) is 0 Å². The lowest BCUT2D eigenvalue weighted by atomic mass is 10.1. The predicted molar refractivity (Wildman–Crippen MR) is 135 cm³/mol. The molecule has 4 rings (SSSR count). The maximum absolute atomic E-state index is 9.60. The van der Waals surface area contributed by atoms with Crippen LogP contribution in [0.2, 0.25) is 10.0 Å². The number of rotatable bonds is 7. The second-order valence-electron chi connectivity index (χ2n) is 6.90. The number of anilines is 1. The van der Waals surface area contributed by atoms with Gasteiger partial charge in [0.15, 0.2) is 0 Å². The molecule has 0 aliphatic carbocycles. The van der Waals surface area contributed by atoms with Crippen molar-refractivity contribution in [1.82, 2.24) is 19.9 Å². The van der Waals surface area contributed by atoms with Gasteiger partial charge in [-0.05, 0) is 52.9 Å². The summed E-state index contributed by atoms with van der Waals surface area (Å²) in [5, 5.41) is 22.5. The maximum Gasteiger partial charge on any atom is 0.223 e. The van der Waals surface area contributed by atoms with E-state index in [4.69, 9.17) is 33.3 Å². The lowest BCUT2D eigenvalue weighted by molar-refractivity contribution is 0.105. The van der Waals surface area contributed by atoms with Crippen molar-refractivity contribution in [3.05, 3.63) is 68.3 Å². The quantitative estimate of drug-likeness (QED) is 0.232. The third kappa shape index (κ3) is 5.05. The van der Waals surface area contributed by atoms with Gasteiger partial charge in [0, 0.05) is 21.9 Å². The first-order chi connectivity index (χ1) is 15.5. The minimum atomic E-state index is -0.912. The fraction of sp³-hybridized carbons (Fsp3) is 0.136. The van der Waals surface area contributed by atoms with Gasteiger partial charge in [0.05, 0.1) is 45.4 Å². The Morgan fingerprint density at radius 2 is 1.81 bits per heavy atom. The highest BCUT2D eigenvalue weighted by atomic mass is 127. The van der Waals surface area contributed by atoms with Crippen LogP contribution in [0.15, 0.2) is 54.7 Å². The van der Waals surface area contributed by atoms with Crippen LogP contribution in [0.4, 0.5) is 5.95 Å². The molecular weight excluding hydrogens is 564 g/mol. The van der Waals surface area contributed by atoms with E-state index in [0.29, 0.717) is 44.5 Å². The minimum absolute atomic E-state index is 0.118. The van der Waals surface area contributed by atoms with Crippen LogP contribution in [-0.4, -0.2) is 49.4 Å². The molecule has 1 unspecified atom stereocenters. The molecule has 0 bridgehead atoms. The van der Waals surface area contributed by atoms with E-state index in [1.165, 1.54) is 0 Å². The molecule has 2 aromatic heterocycles. The van der Waals surface area contributed by atoms with Crippen LogP contribution < -0.4 is 5.32 Å². The molecule has 4 N–H and O–H groups in total. The van der Waals surface area contributed by atoms with Crippen LogP contribution >= 0.6 is 45.8 Å². The van der Waals surface area contributed by atoms with E-state index >= 15 is 0 Å². The molecule has 0 aliphatic heterocycles. The van der Waals surface area contributed by atoms with Crippen molar-refractivity contribution in [2.75, 3.05) is 18.5 Å². The second-order valence-corrected chi connectivity index (χ2v) is 8.96. The van der Waals surface area contributed by atoms with Crippen molar-refractivity contribution in [2.24, 2.45) is 0 Å². The van der Waals surface area contributed by atoms with E-state index in [-0.39, 0.29) is 13.2 Å². The average molecular weight is 582 g/mol. The Balaban J connectivity index is 1.83. The molecule has 4 aromatic rings. The number of aromatic amines is 1. The molecule has 2 heterocycles. The van der Waals surface area contributed by atoms with Crippen molar-refractivity contribution in [3.63, 3.8) is 0 Å². The van der Waals surface area contributed by atoms with Gasteiger partial charge in [0.25, 0.3) is 0 Å². The van der Waals surface area contributed by atoms with Gasteiger partial charge in [-0.1, -0.05) is 41.4 Å². The molecule has 0 radical (unpaired) electrons. The van der Waals surface area contributed by atoms with E-state index < -0.39 is 6.10 Å². The molecule has 32 heavy (non-hydrogen) atoms.